The smallest absolute Gasteiger partial charge is 0.262 e. The Labute approximate surface area is 146 Å². The van der Waals surface area contributed by atoms with E-state index in [4.69, 9.17) is 10.5 Å². The lowest BCUT2D eigenvalue weighted by Gasteiger charge is -2.33. The quantitative estimate of drug-likeness (QED) is 0.769. The maximum Gasteiger partial charge on any atom is 0.262 e. The lowest BCUT2D eigenvalue weighted by Crippen LogP contribution is -2.50. The molecule has 1 aliphatic rings. The van der Waals surface area contributed by atoms with Gasteiger partial charge >= 0.3 is 0 Å². The third-order valence-electron chi connectivity index (χ3n) is 3.35. The van der Waals surface area contributed by atoms with E-state index in [1.165, 1.54) is 30.1 Å². The Morgan fingerprint density at radius 2 is 2.25 bits per heavy atom. The molecule has 24 heavy (non-hydrogen) atoms. The minimum Gasteiger partial charge on any atom is -0.477 e. The second-order valence-corrected chi connectivity index (χ2v) is 7.12. The van der Waals surface area contributed by atoms with Crippen LogP contribution in [-0.4, -0.2) is 47.5 Å². The number of amides is 2. The van der Waals surface area contributed by atoms with Gasteiger partial charge in [-0.2, -0.15) is 0 Å². The molecule has 3 rings (SSSR count). The molecule has 1 atom stereocenters. The molecule has 1 aliphatic heterocycles. The van der Waals surface area contributed by atoms with Crippen LogP contribution in [0, 0.1) is 0 Å². The number of para-hydroxylation sites is 2. The third-order valence-corrected chi connectivity index (χ3v) is 5.23. The molecule has 0 saturated heterocycles. The molecule has 126 valence electrons. The van der Waals surface area contributed by atoms with Crippen molar-refractivity contribution in [3.63, 3.8) is 0 Å². The minimum absolute atomic E-state index is 0.140. The number of nitrogens with one attached hydrogen (secondary N) is 1. The van der Waals surface area contributed by atoms with Crippen LogP contribution in [0.1, 0.15) is 0 Å². The number of thioether (sulfide) groups is 1. The van der Waals surface area contributed by atoms with Gasteiger partial charge in [-0.05, 0) is 12.1 Å². The zero-order chi connectivity index (χ0) is 17.1. The van der Waals surface area contributed by atoms with E-state index < -0.39 is 6.10 Å². The summed E-state index contributed by atoms with van der Waals surface area (Å²) in [5.74, 6) is 0.268. The first-order valence-electron chi connectivity index (χ1n) is 7.08. The molecule has 2 amide bonds. The fraction of sp³-hybridized carbons (Fsp3) is 0.286. The molecular weight excluding hydrogens is 350 g/mol. The van der Waals surface area contributed by atoms with Crippen LogP contribution in [0.2, 0.25) is 0 Å². The van der Waals surface area contributed by atoms with Gasteiger partial charge in [-0.1, -0.05) is 35.2 Å². The van der Waals surface area contributed by atoms with Crippen LogP contribution in [0.4, 0.5) is 10.8 Å². The van der Waals surface area contributed by atoms with E-state index in [1.54, 1.807) is 23.1 Å². The van der Waals surface area contributed by atoms with Gasteiger partial charge < -0.3 is 20.7 Å². The van der Waals surface area contributed by atoms with Crippen molar-refractivity contribution >= 4 is 45.7 Å². The Kier molecular flexibility index (Phi) is 4.86. The number of rotatable bonds is 4. The molecule has 0 spiro atoms. The van der Waals surface area contributed by atoms with Crippen molar-refractivity contribution in [2.75, 3.05) is 30.0 Å². The molecule has 0 fully saturated rings. The molecule has 0 unspecified atom stereocenters. The van der Waals surface area contributed by atoms with Gasteiger partial charge in [0, 0.05) is 7.05 Å². The summed E-state index contributed by atoms with van der Waals surface area (Å²) in [7, 11) is 1.54. The van der Waals surface area contributed by atoms with Gasteiger partial charge in [0.2, 0.25) is 11.0 Å². The standard InChI is InChI=1S/C14H15N5O3S2/c1-16-12(21)10-6-19(8-4-2-3-5-9(8)22-10)11(20)7-23-14-18-17-13(15)24-14/h2-5,10H,6-7H2,1H3,(H2,15,17)(H,16,21)/t10-/m0/s1. The number of anilines is 2. The van der Waals surface area contributed by atoms with E-state index in [0.717, 1.165) is 0 Å². The number of benzene rings is 1. The number of nitrogen functional groups attached to an aromatic ring is 1. The van der Waals surface area contributed by atoms with Crippen LogP contribution in [0.25, 0.3) is 0 Å². The number of nitrogens with zero attached hydrogens (tertiary/aromatic N) is 3. The van der Waals surface area contributed by atoms with Gasteiger partial charge in [0.15, 0.2) is 10.4 Å². The Balaban J connectivity index is 1.76. The normalized spacial score (nSPS) is 16.2. The number of hydrogen-bond donors (Lipinski definition) is 2. The van der Waals surface area contributed by atoms with Crippen LogP contribution in [-0.2, 0) is 9.59 Å². The average molecular weight is 365 g/mol. The maximum atomic E-state index is 12.6. The predicted octanol–water partition coefficient (Wildman–Crippen LogP) is 0.753. The van der Waals surface area contributed by atoms with Crippen LogP contribution in [0.15, 0.2) is 28.6 Å². The van der Waals surface area contributed by atoms with Crippen molar-refractivity contribution in [2.45, 2.75) is 10.4 Å². The molecule has 1 aromatic carbocycles. The summed E-state index contributed by atoms with van der Waals surface area (Å²) in [6.07, 6.45) is -0.740. The first-order chi connectivity index (χ1) is 11.6. The Hall–Kier alpha value is -2.33. The summed E-state index contributed by atoms with van der Waals surface area (Å²) in [5.41, 5.74) is 6.19. The van der Waals surface area contributed by atoms with Crippen molar-refractivity contribution in [1.82, 2.24) is 15.5 Å². The highest BCUT2D eigenvalue weighted by Crippen LogP contribution is 2.34. The molecule has 2 heterocycles. The van der Waals surface area contributed by atoms with E-state index in [-0.39, 0.29) is 24.1 Å². The summed E-state index contributed by atoms with van der Waals surface area (Å²) >= 11 is 2.50. The Bertz CT molecular complexity index is 766. The number of carbonyl (C=O) groups excluding carboxylic acids is 2. The molecular formula is C14H15N5O3S2. The second kappa shape index (κ2) is 7.05. The highest BCUT2D eigenvalue weighted by Gasteiger charge is 2.33. The van der Waals surface area contributed by atoms with E-state index in [9.17, 15) is 9.59 Å². The van der Waals surface area contributed by atoms with Crippen molar-refractivity contribution in [3.8, 4) is 5.75 Å². The summed E-state index contributed by atoms with van der Waals surface area (Å²) < 4.78 is 6.31. The summed E-state index contributed by atoms with van der Waals surface area (Å²) in [6, 6.07) is 7.15. The van der Waals surface area contributed by atoms with E-state index in [2.05, 4.69) is 15.5 Å². The van der Waals surface area contributed by atoms with Crippen LogP contribution in [0.3, 0.4) is 0 Å². The summed E-state index contributed by atoms with van der Waals surface area (Å²) in [4.78, 5) is 26.1. The average Bonchev–Trinajstić information content (AvgIpc) is 3.03. The zero-order valence-corrected chi connectivity index (χ0v) is 14.4. The van der Waals surface area contributed by atoms with Crippen LogP contribution in [0.5, 0.6) is 5.75 Å². The van der Waals surface area contributed by atoms with Crippen molar-refractivity contribution in [3.05, 3.63) is 24.3 Å². The van der Waals surface area contributed by atoms with E-state index >= 15 is 0 Å². The molecule has 10 heteroatoms. The lowest BCUT2D eigenvalue weighted by atomic mass is 10.2. The largest absolute Gasteiger partial charge is 0.477 e. The zero-order valence-electron chi connectivity index (χ0n) is 12.8. The van der Waals surface area contributed by atoms with Gasteiger partial charge in [0.1, 0.15) is 5.75 Å². The fourth-order valence-electron chi connectivity index (χ4n) is 2.25. The van der Waals surface area contributed by atoms with Gasteiger partial charge in [0.05, 0.1) is 18.0 Å². The predicted molar refractivity (Wildman–Crippen MR) is 92.3 cm³/mol. The highest BCUT2D eigenvalue weighted by atomic mass is 32.2. The first-order valence-corrected chi connectivity index (χ1v) is 8.88. The number of fused-ring (bicyclic) bond motifs is 1. The number of carbonyl (C=O) groups is 2. The number of ether oxygens (including phenoxy) is 1. The molecule has 0 bridgehead atoms. The van der Waals surface area contributed by atoms with E-state index in [1.807, 2.05) is 6.07 Å². The summed E-state index contributed by atoms with van der Waals surface area (Å²) in [5, 5.41) is 10.5. The number of nitrogens with two attached hydrogens (primary N) is 1. The molecule has 0 saturated carbocycles. The molecule has 0 radical (unpaired) electrons. The Morgan fingerprint density at radius 1 is 1.46 bits per heavy atom. The van der Waals surface area contributed by atoms with Gasteiger partial charge in [-0.3, -0.25) is 9.59 Å². The van der Waals surface area contributed by atoms with Gasteiger partial charge in [-0.15, -0.1) is 10.2 Å². The minimum atomic E-state index is -0.740. The van der Waals surface area contributed by atoms with Gasteiger partial charge in [-0.25, -0.2) is 0 Å². The van der Waals surface area contributed by atoms with Crippen LogP contribution < -0.4 is 20.7 Å². The fourth-order valence-corrected chi connectivity index (χ4v) is 3.76. The second-order valence-electron chi connectivity index (χ2n) is 4.89. The molecule has 8 nitrogen and oxygen atoms in total. The van der Waals surface area contributed by atoms with Crippen molar-refractivity contribution in [2.24, 2.45) is 0 Å². The first kappa shape index (κ1) is 16.5. The molecule has 3 N–H and O–H groups in total. The van der Waals surface area contributed by atoms with Gasteiger partial charge in [0.25, 0.3) is 5.91 Å². The SMILES string of the molecule is CNC(=O)[C@@H]1CN(C(=O)CSc2nnc(N)s2)c2ccccc2O1. The van der Waals surface area contributed by atoms with Crippen molar-refractivity contribution < 1.29 is 14.3 Å². The third kappa shape index (κ3) is 3.44. The topological polar surface area (TPSA) is 110 Å². The van der Waals surface area contributed by atoms with Crippen molar-refractivity contribution in [1.29, 1.82) is 0 Å². The van der Waals surface area contributed by atoms with E-state index in [0.29, 0.717) is 20.9 Å². The lowest BCUT2D eigenvalue weighted by molar-refractivity contribution is -0.127. The van der Waals surface area contributed by atoms with Crippen LogP contribution >= 0.6 is 23.1 Å². The Morgan fingerprint density at radius 3 is 2.96 bits per heavy atom. The summed E-state index contributed by atoms with van der Waals surface area (Å²) in [6.45, 7) is 0.161. The number of hydrogen-bond acceptors (Lipinski definition) is 8. The molecule has 2 aromatic rings. The highest BCUT2D eigenvalue weighted by molar-refractivity contribution is 8.01. The molecule has 1 aromatic heterocycles. The monoisotopic (exact) mass is 365 g/mol. The molecule has 0 aliphatic carbocycles. The number of likely N-dealkylation sites (N-methyl/N-ethyl adjacent to an activating group) is 1. The maximum absolute atomic E-state index is 12.6. The number of aromatic nitrogens is 2.